The first-order chi connectivity index (χ1) is 9.25. The number of hydrogen-bond donors (Lipinski definition) is 2. The van der Waals surface area contributed by atoms with E-state index in [0.717, 1.165) is 31.7 Å². The van der Waals surface area contributed by atoms with Gasteiger partial charge in [-0.05, 0) is 25.0 Å². The number of amides is 1. The lowest BCUT2D eigenvalue weighted by molar-refractivity contribution is 0.1000. The van der Waals surface area contributed by atoms with Crippen molar-refractivity contribution in [3.8, 4) is 0 Å². The molecule has 0 unspecified atom stereocenters. The number of carbonyl (C=O) groups is 1. The highest BCUT2D eigenvalue weighted by molar-refractivity contribution is 5.92. The number of primary amides is 1. The highest BCUT2D eigenvalue weighted by atomic mass is 16.1. The molecule has 0 aliphatic rings. The number of imidazole rings is 1. The van der Waals surface area contributed by atoms with Gasteiger partial charge in [-0.25, -0.2) is 9.97 Å². The third-order valence-corrected chi connectivity index (χ3v) is 2.76. The Morgan fingerprint density at radius 2 is 2.26 bits per heavy atom. The maximum Gasteiger partial charge on any atom is 0.250 e. The van der Waals surface area contributed by atoms with Crippen LogP contribution in [0.3, 0.4) is 0 Å². The number of unbranched alkanes of at least 4 members (excludes halogenated alkanes) is 1. The number of rotatable bonds is 7. The van der Waals surface area contributed by atoms with E-state index < -0.39 is 5.91 Å². The van der Waals surface area contributed by atoms with Gasteiger partial charge in [0.15, 0.2) is 0 Å². The first kappa shape index (κ1) is 13.1. The van der Waals surface area contributed by atoms with Crippen molar-refractivity contribution in [2.24, 2.45) is 5.73 Å². The summed E-state index contributed by atoms with van der Waals surface area (Å²) in [5, 5.41) is 3.20. The summed E-state index contributed by atoms with van der Waals surface area (Å²) in [6, 6.07) is 3.43. The van der Waals surface area contributed by atoms with Crippen molar-refractivity contribution >= 4 is 11.7 Å². The van der Waals surface area contributed by atoms with E-state index in [2.05, 4.69) is 19.9 Å². The van der Waals surface area contributed by atoms with E-state index >= 15 is 0 Å². The van der Waals surface area contributed by atoms with E-state index in [1.807, 2.05) is 12.5 Å². The Bertz CT molecular complexity index is 506. The van der Waals surface area contributed by atoms with E-state index in [9.17, 15) is 4.79 Å². The van der Waals surface area contributed by atoms with Crippen LogP contribution in [-0.4, -0.2) is 27.0 Å². The second kappa shape index (κ2) is 6.53. The highest BCUT2D eigenvalue weighted by Crippen LogP contribution is 2.05. The molecular weight excluding hydrogens is 242 g/mol. The zero-order valence-corrected chi connectivity index (χ0v) is 10.6. The Balaban J connectivity index is 1.66. The molecule has 2 rings (SSSR count). The van der Waals surface area contributed by atoms with Gasteiger partial charge in [-0.2, -0.15) is 0 Å². The zero-order chi connectivity index (χ0) is 13.5. The first-order valence-electron chi connectivity index (χ1n) is 6.21. The molecule has 0 saturated heterocycles. The number of pyridine rings is 1. The van der Waals surface area contributed by atoms with Gasteiger partial charge in [-0.15, -0.1) is 0 Å². The van der Waals surface area contributed by atoms with Crippen LogP contribution >= 0.6 is 0 Å². The van der Waals surface area contributed by atoms with Gasteiger partial charge >= 0.3 is 0 Å². The van der Waals surface area contributed by atoms with Gasteiger partial charge in [0.1, 0.15) is 5.82 Å². The number of hydrogen-bond acceptors (Lipinski definition) is 4. The van der Waals surface area contributed by atoms with Gasteiger partial charge in [0.2, 0.25) is 5.91 Å². The Morgan fingerprint density at radius 3 is 2.89 bits per heavy atom. The van der Waals surface area contributed by atoms with Crippen LogP contribution in [0, 0.1) is 0 Å². The van der Waals surface area contributed by atoms with E-state index in [4.69, 9.17) is 5.73 Å². The number of carbonyl (C=O) groups excluding carboxylic acids is 1. The molecule has 1 amide bonds. The summed E-state index contributed by atoms with van der Waals surface area (Å²) < 4.78 is 2.06. The molecule has 0 atom stereocenters. The van der Waals surface area contributed by atoms with E-state index in [1.165, 1.54) is 6.20 Å². The summed E-state index contributed by atoms with van der Waals surface area (Å²) in [7, 11) is 0. The summed E-state index contributed by atoms with van der Waals surface area (Å²) in [5.74, 6) is 0.298. The van der Waals surface area contributed by atoms with E-state index in [-0.39, 0.29) is 0 Å². The van der Waals surface area contributed by atoms with Crippen LogP contribution in [-0.2, 0) is 6.54 Å². The minimum Gasteiger partial charge on any atom is -0.370 e. The Hall–Kier alpha value is -2.37. The molecule has 2 aromatic rings. The Kier molecular flexibility index (Phi) is 4.49. The van der Waals surface area contributed by atoms with E-state index in [1.54, 1.807) is 18.3 Å². The van der Waals surface area contributed by atoms with Crippen LogP contribution in [0.1, 0.15) is 23.2 Å². The zero-order valence-electron chi connectivity index (χ0n) is 10.6. The normalized spacial score (nSPS) is 10.3. The van der Waals surface area contributed by atoms with Gasteiger partial charge in [0, 0.05) is 31.7 Å². The fourth-order valence-electron chi connectivity index (χ4n) is 1.70. The number of nitrogens with two attached hydrogens (primary N) is 1. The predicted octanol–water partition coefficient (Wildman–Crippen LogP) is 1.27. The van der Waals surface area contributed by atoms with Gasteiger partial charge < -0.3 is 15.6 Å². The summed E-state index contributed by atoms with van der Waals surface area (Å²) in [5.41, 5.74) is 5.57. The fraction of sp³-hybridized carbons (Fsp3) is 0.308. The minimum absolute atomic E-state index is 0.422. The van der Waals surface area contributed by atoms with E-state index in [0.29, 0.717) is 5.56 Å². The van der Waals surface area contributed by atoms with Crippen molar-refractivity contribution in [2.75, 3.05) is 11.9 Å². The highest BCUT2D eigenvalue weighted by Gasteiger charge is 2.00. The number of anilines is 1. The minimum atomic E-state index is -0.459. The molecule has 0 bridgehead atoms. The number of nitrogens with zero attached hydrogens (tertiary/aromatic N) is 3. The molecule has 0 fully saturated rings. The molecule has 0 aromatic carbocycles. The third kappa shape index (κ3) is 4.09. The SMILES string of the molecule is NC(=O)c1ccc(NCCCCn2ccnc2)nc1. The largest absolute Gasteiger partial charge is 0.370 e. The molecule has 19 heavy (non-hydrogen) atoms. The molecule has 6 nitrogen and oxygen atoms in total. The van der Waals surface area contributed by atoms with Crippen LogP contribution in [0.5, 0.6) is 0 Å². The average molecular weight is 259 g/mol. The summed E-state index contributed by atoms with van der Waals surface area (Å²) in [4.78, 5) is 19.0. The van der Waals surface area contributed by atoms with Gasteiger partial charge in [0.25, 0.3) is 0 Å². The number of aryl methyl sites for hydroxylation is 1. The maximum absolute atomic E-state index is 10.9. The van der Waals surface area contributed by atoms with Crippen LogP contribution in [0.25, 0.3) is 0 Å². The maximum atomic E-state index is 10.9. The summed E-state index contributed by atoms with van der Waals surface area (Å²) in [6.07, 6.45) is 9.15. The summed E-state index contributed by atoms with van der Waals surface area (Å²) in [6.45, 7) is 1.81. The van der Waals surface area contributed by atoms with Gasteiger partial charge in [-0.1, -0.05) is 0 Å². The second-order valence-corrected chi connectivity index (χ2v) is 4.23. The molecular formula is C13H17N5O. The molecule has 0 radical (unpaired) electrons. The van der Waals surface area contributed by atoms with Crippen LogP contribution in [0.2, 0.25) is 0 Å². The van der Waals surface area contributed by atoms with Gasteiger partial charge in [-0.3, -0.25) is 4.79 Å². The third-order valence-electron chi connectivity index (χ3n) is 2.76. The lowest BCUT2D eigenvalue weighted by Gasteiger charge is -2.06. The first-order valence-corrected chi connectivity index (χ1v) is 6.21. The van der Waals surface area contributed by atoms with Crippen LogP contribution < -0.4 is 11.1 Å². The summed E-state index contributed by atoms with van der Waals surface area (Å²) >= 11 is 0. The van der Waals surface area contributed by atoms with Crippen molar-refractivity contribution in [2.45, 2.75) is 19.4 Å². The predicted molar refractivity (Wildman–Crippen MR) is 72.7 cm³/mol. The molecule has 0 aliphatic carbocycles. The van der Waals surface area contributed by atoms with Crippen molar-refractivity contribution < 1.29 is 4.79 Å². The molecule has 6 heteroatoms. The smallest absolute Gasteiger partial charge is 0.250 e. The molecule has 0 saturated carbocycles. The standard InChI is InChI=1S/C13H17N5O/c14-13(19)11-3-4-12(17-9-11)16-5-1-2-7-18-8-6-15-10-18/h3-4,6,8-10H,1-2,5,7H2,(H2,14,19)(H,16,17). The number of aromatic nitrogens is 3. The molecule has 2 heterocycles. The average Bonchev–Trinajstić information content (AvgIpc) is 2.92. The Labute approximate surface area is 111 Å². The molecule has 3 N–H and O–H groups in total. The number of nitrogens with one attached hydrogen (secondary N) is 1. The topological polar surface area (TPSA) is 85.8 Å². The van der Waals surface area contributed by atoms with Crippen molar-refractivity contribution in [1.82, 2.24) is 14.5 Å². The lowest BCUT2D eigenvalue weighted by Crippen LogP contribution is -2.11. The quantitative estimate of drug-likeness (QED) is 0.733. The van der Waals surface area contributed by atoms with Crippen molar-refractivity contribution in [3.05, 3.63) is 42.6 Å². The fourth-order valence-corrected chi connectivity index (χ4v) is 1.70. The molecule has 0 spiro atoms. The van der Waals surface area contributed by atoms with Crippen molar-refractivity contribution in [3.63, 3.8) is 0 Å². The second-order valence-electron chi connectivity index (χ2n) is 4.23. The van der Waals surface area contributed by atoms with Crippen LogP contribution in [0.15, 0.2) is 37.1 Å². The van der Waals surface area contributed by atoms with Crippen molar-refractivity contribution in [1.29, 1.82) is 0 Å². The van der Waals surface area contributed by atoms with Gasteiger partial charge in [0.05, 0.1) is 11.9 Å². The monoisotopic (exact) mass is 259 g/mol. The molecule has 100 valence electrons. The lowest BCUT2D eigenvalue weighted by atomic mass is 10.2. The Morgan fingerprint density at radius 1 is 1.37 bits per heavy atom. The van der Waals surface area contributed by atoms with Crippen LogP contribution in [0.4, 0.5) is 5.82 Å². The molecule has 2 aromatic heterocycles. The molecule has 0 aliphatic heterocycles.